The highest BCUT2D eigenvalue weighted by Gasteiger charge is 2.15. The molecular weight excluding hydrogens is 94.0 g/mol. The van der Waals surface area contributed by atoms with Crippen molar-refractivity contribution in [2.24, 2.45) is 11.7 Å². The minimum Gasteiger partial charge on any atom is -0.564 e. The summed E-state index contributed by atoms with van der Waals surface area (Å²) in [5, 5.41) is 6.46. The molecule has 7 heavy (non-hydrogen) atoms. The number of hydrogen-bond acceptors (Lipinski definition) is 2. The second kappa shape index (κ2) is 2.58. The molecule has 0 rings (SSSR count). The van der Waals surface area contributed by atoms with Crippen LogP contribution in [0.2, 0.25) is 0 Å². The predicted octanol–water partition coefficient (Wildman–Crippen LogP) is -1.17. The molecule has 3 nitrogen and oxygen atoms in total. The van der Waals surface area contributed by atoms with Gasteiger partial charge in [0.1, 0.15) is 5.92 Å². The molecule has 0 aliphatic rings. The fraction of sp³-hybridized carbons (Fsp3) is 0.750. The van der Waals surface area contributed by atoms with Gasteiger partial charge in [0, 0.05) is 11.3 Å². The van der Waals surface area contributed by atoms with Gasteiger partial charge < -0.3 is 10.8 Å². The molecular formula is C4H10NO2+. The van der Waals surface area contributed by atoms with E-state index >= 15 is 0 Å². The van der Waals surface area contributed by atoms with Crippen molar-refractivity contribution in [3.05, 3.63) is 0 Å². The molecule has 0 aromatic heterocycles. The molecule has 3 heteroatoms. The Kier molecular flexibility index (Phi) is 2.37. The first kappa shape index (κ1) is 6.43. The van der Waals surface area contributed by atoms with Crippen molar-refractivity contribution in [1.82, 2.24) is 0 Å². The van der Waals surface area contributed by atoms with Crippen LogP contribution >= 0.6 is 0 Å². The summed E-state index contributed by atoms with van der Waals surface area (Å²) in [4.78, 5) is 9.96. The third kappa shape index (κ3) is 2.17. The Hall–Kier alpha value is -0.570. The van der Waals surface area contributed by atoms with E-state index in [0.29, 0.717) is 0 Å². The molecule has 42 valence electrons. The van der Waals surface area contributed by atoms with Crippen LogP contribution in [0.15, 0.2) is 0 Å². The summed E-state index contributed by atoms with van der Waals surface area (Å²) in [6, 6.07) is 0. The molecule has 0 amide bonds. The summed E-state index contributed by atoms with van der Waals surface area (Å²) < 4.78 is 0. The second-order valence-electron chi connectivity index (χ2n) is 1.50. The maximum Gasteiger partial charge on any atom is 0.520 e. The molecule has 0 unspecified atom stereocenters. The van der Waals surface area contributed by atoms with Gasteiger partial charge in [-0.25, -0.2) is 0 Å². The highest BCUT2D eigenvalue weighted by molar-refractivity contribution is 5.69. The lowest BCUT2D eigenvalue weighted by Gasteiger charge is -1.90. The maximum atomic E-state index is 9.96. The Labute approximate surface area is 42.1 Å². The molecule has 0 heterocycles. The van der Waals surface area contributed by atoms with Gasteiger partial charge in [0.25, 0.3) is 0 Å². The monoisotopic (exact) mass is 104 g/mol. The minimum absolute atomic E-state index is 0.280. The van der Waals surface area contributed by atoms with Gasteiger partial charge in [-0.15, -0.1) is 0 Å². The van der Waals surface area contributed by atoms with Crippen molar-refractivity contribution in [2.45, 2.75) is 6.92 Å². The first-order valence-corrected chi connectivity index (χ1v) is 2.14. The quantitative estimate of drug-likeness (QED) is 0.449. The van der Waals surface area contributed by atoms with Crippen molar-refractivity contribution < 1.29 is 9.90 Å². The van der Waals surface area contributed by atoms with E-state index in [1.165, 1.54) is 0 Å². The summed E-state index contributed by atoms with van der Waals surface area (Å²) in [5.74, 6) is -0.873. The third-order valence-electron chi connectivity index (χ3n) is 0.801. The van der Waals surface area contributed by atoms with Crippen LogP contribution < -0.4 is 5.73 Å². The third-order valence-corrected chi connectivity index (χ3v) is 0.801. The van der Waals surface area contributed by atoms with Crippen molar-refractivity contribution in [3.8, 4) is 0 Å². The molecule has 0 saturated carbocycles. The highest BCUT2D eigenvalue weighted by Crippen LogP contribution is 1.87. The smallest absolute Gasteiger partial charge is 0.520 e. The van der Waals surface area contributed by atoms with Gasteiger partial charge in [-0.2, -0.15) is 0 Å². The van der Waals surface area contributed by atoms with Crippen LogP contribution in [0.5, 0.6) is 0 Å². The average Bonchev–Trinajstić information content (AvgIpc) is 1.65. The van der Waals surface area contributed by atoms with E-state index in [1.807, 2.05) is 0 Å². The van der Waals surface area contributed by atoms with E-state index < -0.39 is 5.97 Å². The highest BCUT2D eigenvalue weighted by atomic mass is 16.4. The van der Waals surface area contributed by atoms with Gasteiger partial charge in [0.05, 0.1) is 0 Å². The van der Waals surface area contributed by atoms with Gasteiger partial charge >= 0.3 is 5.97 Å². The Bertz CT molecular complexity index is 72.1. The SMILES string of the molecule is C[C@@H](CN)C(=O)[OH2+]. The summed E-state index contributed by atoms with van der Waals surface area (Å²) in [6.07, 6.45) is 0. The molecule has 0 aliphatic carbocycles. The lowest BCUT2D eigenvalue weighted by molar-refractivity contribution is -0.140. The zero-order valence-corrected chi connectivity index (χ0v) is 4.27. The van der Waals surface area contributed by atoms with Gasteiger partial charge in [-0.3, -0.25) is 0 Å². The van der Waals surface area contributed by atoms with Crippen molar-refractivity contribution in [1.29, 1.82) is 0 Å². The van der Waals surface area contributed by atoms with Crippen molar-refractivity contribution in [3.63, 3.8) is 0 Å². The van der Waals surface area contributed by atoms with Gasteiger partial charge in [0.2, 0.25) is 0 Å². The zero-order chi connectivity index (χ0) is 5.86. The molecule has 0 aliphatic heterocycles. The van der Waals surface area contributed by atoms with E-state index in [0.717, 1.165) is 0 Å². The zero-order valence-electron chi connectivity index (χ0n) is 4.27. The van der Waals surface area contributed by atoms with Crippen LogP contribution in [0, 0.1) is 5.92 Å². The number of nitrogens with two attached hydrogens (primary N) is 1. The Morgan fingerprint density at radius 2 is 2.43 bits per heavy atom. The van der Waals surface area contributed by atoms with Gasteiger partial charge in [0.15, 0.2) is 0 Å². The lowest BCUT2D eigenvalue weighted by Crippen LogP contribution is -2.19. The summed E-state index contributed by atoms with van der Waals surface area (Å²) >= 11 is 0. The fourth-order valence-electron chi connectivity index (χ4n) is 0.107. The molecule has 1 atom stereocenters. The van der Waals surface area contributed by atoms with Gasteiger partial charge in [-0.05, 0) is 6.92 Å². The standard InChI is InChI=1S/C4H9NO2/c1-3(2-5)4(6)7/h3H,2,5H2,1H3,(H,6,7)/p+1/t3-/m0/s1. The normalized spacial score (nSPS) is 13.4. The summed E-state index contributed by atoms with van der Waals surface area (Å²) in [7, 11) is 0. The molecule has 0 saturated heterocycles. The number of carbonyl (C=O) groups is 1. The topological polar surface area (TPSA) is 66.0 Å². The van der Waals surface area contributed by atoms with E-state index in [-0.39, 0.29) is 12.5 Å². The average molecular weight is 104 g/mol. The predicted molar refractivity (Wildman–Crippen MR) is 26.8 cm³/mol. The number of hydrogen-bond donors (Lipinski definition) is 1. The molecule has 0 radical (unpaired) electrons. The molecule has 4 N–H and O–H groups in total. The minimum atomic E-state index is -0.581. The maximum absolute atomic E-state index is 9.96. The van der Waals surface area contributed by atoms with Crippen molar-refractivity contribution >= 4 is 5.97 Å². The van der Waals surface area contributed by atoms with E-state index in [9.17, 15) is 4.79 Å². The first-order chi connectivity index (χ1) is 3.18. The Morgan fingerprint density at radius 1 is 2.00 bits per heavy atom. The van der Waals surface area contributed by atoms with Crippen molar-refractivity contribution in [2.75, 3.05) is 6.54 Å². The van der Waals surface area contributed by atoms with Crippen LogP contribution in [0.3, 0.4) is 0 Å². The molecule has 0 spiro atoms. The van der Waals surface area contributed by atoms with Gasteiger partial charge in [-0.1, -0.05) is 0 Å². The Balaban J connectivity index is 3.34. The molecule has 0 aromatic rings. The summed E-state index contributed by atoms with van der Waals surface area (Å²) in [6.45, 7) is 1.91. The van der Waals surface area contributed by atoms with Crippen LogP contribution in [0.4, 0.5) is 0 Å². The van der Waals surface area contributed by atoms with E-state index in [2.05, 4.69) is 0 Å². The van der Waals surface area contributed by atoms with E-state index in [4.69, 9.17) is 10.8 Å². The fourth-order valence-corrected chi connectivity index (χ4v) is 0.107. The molecule has 0 aromatic carbocycles. The van der Waals surface area contributed by atoms with E-state index in [1.54, 1.807) is 6.92 Å². The Morgan fingerprint density at radius 3 is 2.43 bits per heavy atom. The van der Waals surface area contributed by atoms with Crippen LogP contribution in [-0.2, 0) is 4.79 Å². The largest absolute Gasteiger partial charge is 0.564 e. The second-order valence-corrected chi connectivity index (χ2v) is 1.50. The number of carbonyl (C=O) groups excluding carboxylic acids is 1. The summed E-state index contributed by atoms with van der Waals surface area (Å²) in [5.41, 5.74) is 5.03. The first-order valence-electron chi connectivity index (χ1n) is 2.14. The molecule has 0 fully saturated rings. The lowest BCUT2D eigenvalue weighted by atomic mass is 10.2. The van der Waals surface area contributed by atoms with Crippen LogP contribution in [0.1, 0.15) is 6.92 Å². The van der Waals surface area contributed by atoms with Crippen LogP contribution in [0.25, 0.3) is 0 Å². The molecule has 0 bridgehead atoms. The van der Waals surface area contributed by atoms with Crippen LogP contribution in [-0.4, -0.2) is 17.6 Å². The number of rotatable bonds is 2.